The Labute approximate surface area is 178 Å². The van der Waals surface area contributed by atoms with E-state index < -0.39 is 0 Å². The van der Waals surface area contributed by atoms with Gasteiger partial charge in [0.25, 0.3) is 0 Å². The molecule has 1 aliphatic carbocycles. The summed E-state index contributed by atoms with van der Waals surface area (Å²) in [5, 5.41) is 9.01. The minimum atomic E-state index is 0.0941. The molecule has 0 atom stereocenters. The standard InChI is InChI=1S/C22H33ClN4O2/c1-4-27(22-20-10-7-18(23)15-21(20)29-25-22)14-13-26(3)12-11-17-5-8-19(9-6-17)24-16(2)28/h7,10,15,17,19H,4-6,8-9,11-14H2,1-3H3,(H,24,28). The van der Waals surface area contributed by atoms with Crippen molar-refractivity contribution in [2.75, 3.05) is 38.1 Å². The van der Waals surface area contributed by atoms with Gasteiger partial charge in [0, 0.05) is 43.7 Å². The Balaban J connectivity index is 1.43. The fourth-order valence-electron chi connectivity index (χ4n) is 4.23. The lowest BCUT2D eigenvalue weighted by Gasteiger charge is -2.30. The van der Waals surface area contributed by atoms with E-state index >= 15 is 0 Å². The molecule has 160 valence electrons. The summed E-state index contributed by atoms with van der Waals surface area (Å²) >= 11 is 6.05. The van der Waals surface area contributed by atoms with Gasteiger partial charge >= 0.3 is 0 Å². The van der Waals surface area contributed by atoms with Crippen molar-refractivity contribution in [3.63, 3.8) is 0 Å². The highest BCUT2D eigenvalue weighted by Crippen LogP contribution is 2.29. The first kappa shape index (κ1) is 21.9. The summed E-state index contributed by atoms with van der Waals surface area (Å²) in [6.07, 6.45) is 5.88. The Hall–Kier alpha value is -1.79. The first-order valence-corrected chi connectivity index (χ1v) is 11.1. The summed E-state index contributed by atoms with van der Waals surface area (Å²) in [7, 11) is 2.19. The maximum atomic E-state index is 11.2. The van der Waals surface area contributed by atoms with Gasteiger partial charge in [0.1, 0.15) is 0 Å². The number of nitrogens with one attached hydrogen (secondary N) is 1. The first-order chi connectivity index (χ1) is 14.0. The highest BCUT2D eigenvalue weighted by Gasteiger charge is 2.22. The molecule has 1 saturated carbocycles. The summed E-state index contributed by atoms with van der Waals surface area (Å²) in [6, 6.07) is 6.05. The molecule has 1 aromatic heterocycles. The monoisotopic (exact) mass is 420 g/mol. The highest BCUT2D eigenvalue weighted by atomic mass is 35.5. The predicted octanol–water partition coefficient (Wildman–Crippen LogP) is 4.32. The Bertz CT molecular complexity index is 801. The summed E-state index contributed by atoms with van der Waals surface area (Å²) < 4.78 is 5.46. The molecule has 3 rings (SSSR count). The van der Waals surface area contributed by atoms with Gasteiger partial charge in [-0.2, -0.15) is 0 Å². The first-order valence-electron chi connectivity index (χ1n) is 10.7. The number of carbonyl (C=O) groups is 1. The maximum Gasteiger partial charge on any atom is 0.217 e. The molecule has 1 fully saturated rings. The van der Waals surface area contributed by atoms with Crippen molar-refractivity contribution in [3.05, 3.63) is 23.2 Å². The summed E-state index contributed by atoms with van der Waals surface area (Å²) in [4.78, 5) is 15.9. The van der Waals surface area contributed by atoms with Gasteiger partial charge in [0.15, 0.2) is 11.4 Å². The van der Waals surface area contributed by atoms with E-state index in [0.717, 1.165) is 61.7 Å². The zero-order valence-corrected chi connectivity index (χ0v) is 18.5. The molecule has 1 aliphatic rings. The predicted molar refractivity (Wildman–Crippen MR) is 119 cm³/mol. The minimum Gasteiger partial charge on any atom is -0.354 e. The van der Waals surface area contributed by atoms with Gasteiger partial charge in [0.2, 0.25) is 5.91 Å². The lowest BCUT2D eigenvalue weighted by atomic mass is 9.84. The van der Waals surface area contributed by atoms with E-state index in [1.54, 1.807) is 6.92 Å². The third-order valence-corrected chi connectivity index (χ3v) is 6.26. The van der Waals surface area contributed by atoms with E-state index in [1.165, 1.54) is 19.3 Å². The van der Waals surface area contributed by atoms with Crippen molar-refractivity contribution in [1.82, 2.24) is 15.4 Å². The van der Waals surface area contributed by atoms with Crippen molar-refractivity contribution in [1.29, 1.82) is 0 Å². The van der Waals surface area contributed by atoms with Gasteiger partial charge in [-0.05, 0) is 70.7 Å². The molecular formula is C22H33ClN4O2. The maximum absolute atomic E-state index is 11.2. The molecule has 0 unspecified atom stereocenters. The molecule has 1 heterocycles. The third kappa shape index (κ3) is 6.09. The molecule has 29 heavy (non-hydrogen) atoms. The molecule has 6 nitrogen and oxygen atoms in total. The van der Waals surface area contributed by atoms with Gasteiger partial charge < -0.3 is 19.6 Å². The van der Waals surface area contributed by atoms with Crippen molar-refractivity contribution >= 4 is 34.3 Å². The van der Waals surface area contributed by atoms with Crippen LogP contribution < -0.4 is 10.2 Å². The van der Waals surface area contributed by atoms with E-state index in [9.17, 15) is 4.79 Å². The van der Waals surface area contributed by atoms with Crippen molar-refractivity contribution in [2.24, 2.45) is 5.92 Å². The fourth-order valence-corrected chi connectivity index (χ4v) is 4.39. The molecule has 2 aromatic rings. The second kappa shape index (κ2) is 10.3. The number of nitrogens with zero attached hydrogens (tertiary/aromatic N) is 3. The van der Waals surface area contributed by atoms with Gasteiger partial charge in [0.05, 0.1) is 5.39 Å². The average Bonchev–Trinajstić information content (AvgIpc) is 3.10. The molecule has 0 spiro atoms. The van der Waals surface area contributed by atoms with E-state index in [0.29, 0.717) is 11.1 Å². The van der Waals surface area contributed by atoms with Gasteiger partial charge in [-0.25, -0.2) is 0 Å². The van der Waals surface area contributed by atoms with Gasteiger partial charge in [-0.1, -0.05) is 16.8 Å². The second-order valence-corrected chi connectivity index (χ2v) is 8.67. The normalized spacial score (nSPS) is 19.6. The molecule has 1 amide bonds. The van der Waals surface area contributed by atoms with Crippen LogP contribution in [0.15, 0.2) is 22.7 Å². The zero-order chi connectivity index (χ0) is 20.8. The van der Waals surface area contributed by atoms with E-state index in [1.807, 2.05) is 18.2 Å². The number of carbonyl (C=O) groups excluding carboxylic acids is 1. The Morgan fingerprint density at radius 3 is 2.69 bits per heavy atom. The topological polar surface area (TPSA) is 61.6 Å². The number of amides is 1. The van der Waals surface area contributed by atoms with Crippen LogP contribution in [0.3, 0.4) is 0 Å². The van der Waals surface area contributed by atoms with E-state index in [2.05, 4.69) is 34.2 Å². The minimum absolute atomic E-state index is 0.0941. The van der Waals surface area contributed by atoms with Crippen molar-refractivity contribution < 1.29 is 9.32 Å². The SMILES string of the molecule is CCN(CCN(C)CCC1CCC(NC(C)=O)CC1)c1noc2cc(Cl)ccc12. The molecule has 0 saturated heterocycles. The van der Waals surface area contributed by atoms with Crippen molar-refractivity contribution in [3.8, 4) is 0 Å². The number of halogens is 1. The van der Waals surface area contributed by atoms with Crippen LogP contribution in [0.1, 0.15) is 46.0 Å². The summed E-state index contributed by atoms with van der Waals surface area (Å²) in [6.45, 7) is 7.62. The Morgan fingerprint density at radius 2 is 2.00 bits per heavy atom. The quantitative estimate of drug-likeness (QED) is 0.654. The van der Waals surface area contributed by atoms with Crippen LogP contribution in [0.25, 0.3) is 11.0 Å². The van der Waals surface area contributed by atoms with Crippen LogP contribution >= 0.6 is 11.6 Å². The number of rotatable bonds is 9. The average molecular weight is 421 g/mol. The fraction of sp³-hybridized carbons (Fsp3) is 0.636. The number of likely N-dealkylation sites (N-methyl/N-ethyl adjacent to an activating group) is 2. The van der Waals surface area contributed by atoms with Gasteiger partial charge in [-0.15, -0.1) is 0 Å². The van der Waals surface area contributed by atoms with Gasteiger partial charge in [-0.3, -0.25) is 4.79 Å². The number of fused-ring (bicyclic) bond motifs is 1. The highest BCUT2D eigenvalue weighted by molar-refractivity contribution is 6.31. The number of hydrogen-bond donors (Lipinski definition) is 1. The van der Waals surface area contributed by atoms with E-state index in [4.69, 9.17) is 16.1 Å². The number of hydrogen-bond acceptors (Lipinski definition) is 5. The van der Waals surface area contributed by atoms with Crippen molar-refractivity contribution in [2.45, 2.75) is 52.0 Å². The van der Waals surface area contributed by atoms with Crippen LogP contribution in [-0.2, 0) is 4.79 Å². The van der Waals surface area contributed by atoms with Crippen LogP contribution in [0.4, 0.5) is 5.82 Å². The van der Waals surface area contributed by atoms with Crippen LogP contribution in [0.2, 0.25) is 5.02 Å². The smallest absolute Gasteiger partial charge is 0.217 e. The summed E-state index contributed by atoms with van der Waals surface area (Å²) in [5.41, 5.74) is 0.731. The lowest BCUT2D eigenvalue weighted by Crippen LogP contribution is -2.37. The molecule has 1 aromatic carbocycles. The molecule has 7 heteroatoms. The zero-order valence-electron chi connectivity index (χ0n) is 17.8. The van der Waals surface area contributed by atoms with E-state index in [-0.39, 0.29) is 5.91 Å². The Morgan fingerprint density at radius 1 is 1.24 bits per heavy atom. The lowest BCUT2D eigenvalue weighted by molar-refractivity contribution is -0.119. The van der Waals surface area contributed by atoms with Crippen LogP contribution in [0, 0.1) is 5.92 Å². The molecular weight excluding hydrogens is 388 g/mol. The third-order valence-electron chi connectivity index (χ3n) is 6.02. The summed E-state index contributed by atoms with van der Waals surface area (Å²) in [5.74, 6) is 1.76. The largest absolute Gasteiger partial charge is 0.354 e. The number of benzene rings is 1. The van der Waals surface area contributed by atoms with Crippen LogP contribution in [-0.4, -0.2) is 55.2 Å². The molecule has 1 N–H and O–H groups in total. The Kier molecular flexibility index (Phi) is 7.78. The number of anilines is 1. The second-order valence-electron chi connectivity index (χ2n) is 8.24. The molecule has 0 aliphatic heterocycles. The molecule has 0 bridgehead atoms. The van der Waals surface area contributed by atoms with Crippen LogP contribution in [0.5, 0.6) is 0 Å². The molecule has 0 radical (unpaired) electrons. The number of aromatic nitrogens is 1.